The van der Waals surface area contributed by atoms with E-state index >= 15 is 0 Å². The summed E-state index contributed by atoms with van der Waals surface area (Å²) in [6, 6.07) is 15.1. The third-order valence-electron chi connectivity index (χ3n) is 5.16. The van der Waals surface area contributed by atoms with Crippen molar-refractivity contribution in [2.24, 2.45) is 0 Å². The predicted octanol–water partition coefficient (Wildman–Crippen LogP) is 3.47. The topological polar surface area (TPSA) is 74.6 Å². The summed E-state index contributed by atoms with van der Waals surface area (Å²) in [6.07, 6.45) is 3.79. The summed E-state index contributed by atoms with van der Waals surface area (Å²) in [4.78, 5) is 13.1. The van der Waals surface area contributed by atoms with E-state index in [1.807, 2.05) is 48.5 Å². The van der Waals surface area contributed by atoms with Gasteiger partial charge in [-0.2, -0.15) is 5.10 Å². The van der Waals surface area contributed by atoms with E-state index in [1.54, 1.807) is 25.1 Å². The Hall–Kier alpha value is -3.32. The molecule has 0 aliphatic carbocycles. The number of aromatic nitrogens is 2. The van der Waals surface area contributed by atoms with E-state index in [0.29, 0.717) is 34.9 Å². The van der Waals surface area contributed by atoms with Crippen molar-refractivity contribution in [3.63, 3.8) is 0 Å². The van der Waals surface area contributed by atoms with E-state index in [1.165, 1.54) is 0 Å². The number of hydrogen-bond donors (Lipinski definition) is 1. The van der Waals surface area contributed by atoms with Crippen molar-refractivity contribution in [2.45, 2.75) is 18.9 Å². The lowest BCUT2D eigenvalue weighted by molar-refractivity contribution is 0.0858. The number of amides is 1. The van der Waals surface area contributed by atoms with Gasteiger partial charge in [-0.05, 0) is 43.2 Å². The van der Waals surface area contributed by atoms with Crippen LogP contribution in [0.2, 0.25) is 0 Å². The first-order chi connectivity index (χ1) is 14.7. The van der Waals surface area contributed by atoms with Crippen LogP contribution in [0, 0.1) is 0 Å². The van der Waals surface area contributed by atoms with Gasteiger partial charge in [0.1, 0.15) is 17.2 Å². The van der Waals surface area contributed by atoms with Crippen LogP contribution in [0.3, 0.4) is 0 Å². The molecule has 1 aliphatic rings. The van der Waals surface area contributed by atoms with Gasteiger partial charge in [-0.25, -0.2) is 4.68 Å². The summed E-state index contributed by atoms with van der Waals surface area (Å²) in [7, 11) is 3.19. The first-order valence-electron chi connectivity index (χ1n) is 9.97. The highest BCUT2D eigenvalue weighted by molar-refractivity contribution is 6.00. The predicted molar refractivity (Wildman–Crippen MR) is 113 cm³/mol. The van der Waals surface area contributed by atoms with Crippen LogP contribution in [0.4, 0.5) is 0 Å². The molecule has 30 heavy (non-hydrogen) atoms. The zero-order valence-corrected chi connectivity index (χ0v) is 17.1. The van der Waals surface area contributed by atoms with Gasteiger partial charge in [0, 0.05) is 24.9 Å². The lowest BCUT2D eigenvalue weighted by Gasteiger charge is -2.12. The molecule has 1 amide bonds. The molecule has 0 bridgehead atoms. The second kappa shape index (κ2) is 9.00. The summed E-state index contributed by atoms with van der Waals surface area (Å²) in [5, 5.41) is 7.72. The van der Waals surface area contributed by atoms with Crippen molar-refractivity contribution in [3.05, 3.63) is 60.3 Å². The summed E-state index contributed by atoms with van der Waals surface area (Å²) >= 11 is 0. The Kier molecular flexibility index (Phi) is 5.99. The molecule has 156 valence electrons. The van der Waals surface area contributed by atoms with E-state index in [0.717, 1.165) is 25.1 Å². The quantitative estimate of drug-likeness (QED) is 0.649. The highest BCUT2D eigenvalue weighted by Crippen LogP contribution is 2.35. The Morgan fingerprint density at radius 1 is 1.20 bits per heavy atom. The summed E-state index contributed by atoms with van der Waals surface area (Å²) in [5.41, 5.74) is 2.54. The van der Waals surface area contributed by atoms with Crippen LogP contribution < -0.4 is 14.8 Å². The normalized spacial score (nSPS) is 15.7. The number of rotatable bonds is 7. The van der Waals surface area contributed by atoms with Crippen molar-refractivity contribution < 1.29 is 19.0 Å². The van der Waals surface area contributed by atoms with Crippen molar-refractivity contribution in [2.75, 3.05) is 27.4 Å². The smallest absolute Gasteiger partial charge is 0.255 e. The van der Waals surface area contributed by atoms with Gasteiger partial charge < -0.3 is 19.5 Å². The van der Waals surface area contributed by atoms with Crippen LogP contribution in [0.5, 0.6) is 11.5 Å². The van der Waals surface area contributed by atoms with E-state index in [-0.39, 0.29) is 12.0 Å². The molecule has 0 unspecified atom stereocenters. The first kappa shape index (κ1) is 20.0. The molecule has 3 aromatic rings. The Morgan fingerprint density at radius 3 is 2.73 bits per heavy atom. The largest absolute Gasteiger partial charge is 0.497 e. The van der Waals surface area contributed by atoms with Gasteiger partial charge in [-0.15, -0.1) is 0 Å². The monoisotopic (exact) mass is 407 g/mol. The fourth-order valence-electron chi connectivity index (χ4n) is 3.56. The number of carbonyl (C=O) groups excluding carboxylic acids is 1. The molecule has 0 saturated carbocycles. The second-order valence-electron chi connectivity index (χ2n) is 7.08. The molecule has 1 N–H and O–H groups in total. The fourth-order valence-corrected chi connectivity index (χ4v) is 3.56. The van der Waals surface area contributed by atoms with Crippen LogP contribution in [-0.2, 0) is 4.74 Å². The van der Waals surface area contributed by atoms with Crippen LogP contribution in [0.15, 0.2) is 54.7 Å². The van der Waals surface area contributed by atoms with Gasteiger partial charge in [0.2, 0.25) is 0 Å². The van der Waals surface area contributed by atoms with Gasteiger partial charge in [-0.3, -0.25) is 4.79 Å². The van der Waals surface area contributed by atoms with Gasteiger partial charge in [0.15, 0.2) is 0 Å². The first-order valence-corrected chi connectivity index (χ1v) is 9.97. The zero-order chi connectivity index (χ0) is 20.9. The molecule has 1 aromatic heterocycles. The Morgan fingerprint density at radius 2 is 2.03 bits per heavy atom. The SMILES string of the molecule is COc1ccc(OC)c(-c2nn(-c3ccccc3)cc2C(=O)NC[C@H]2CCCO2)c1. The average Bonchev–Trinajstić information content (AvgIpc) is 3.48. The molecule has 1 fully saturated rings. The van der Waals surface area contributed by atoms with Gasteiger partial charge in [0.25, 0.3) is 5.91 Å². The number of nitrogens with one attached hydrogen (secondary N) is 1. The Balaban J connectivity index is 1.74. The van der Waals surface area contributed by atoms with Crippen LogP contribution in [-0.4, -0.2) is 49.2 Å². The maximum absolute atomic E-state index is 13.1. The molecule has 7 heteroatoms. The van der Waals surface area contributed by atoms with E-state index < -0.39 is 0 Å². The molecule has 0 spiro atoms. The highest BCUT2D eigenvalue weighted by Gasteiger charge is 2.23. The molecule has 7 nitrogen and oxygen atoms in total. The summed E-state index contributed by atoms with van der Waals surface area (Å²) in [6.45, 7) is 1.22. The van der Waals surface area contributed by atoms with Crippen LogP contribution in [0.1, 0.15) is 23.2 Å². The van der Waals surface area contributed by atoms with Gasteiger partial charge in [0.05, 0.1) is 31.6 Å². The molecule has 1 saturated heterocycles. The lowest BCUT2D eigenvalue weighted by atomic mass is 10.1. The maximum atomic E-state index is 13.1. The molecule has 1 aliphatic heterocycles. The van der Waals surface area contributed by atoms with Gasteiger partial charge >= 0.3 is 0 Å². The highest BCUT2D eigenvalue weighted by atomic mass is 16.5. The van der Waals surface area contributed by atoms with Crippen molar-refractivity contribution >= 4 is 5.91 Å². The number of hydrogen-bond acceptors (Lipinski definition) is 5. The van der Waals surface area contributed by atoms with Crippen LogP contribution >= 0.6 is 0 Å². The standard InChI is InChI=1S/C23H25N3O4/c1-28-17-10-11-21(29-2)19(13-17)22-20(23(27)24-14-18-9-6-12-30-18)15-26(25-22)16-7-4-3-5-8-16/h3-5,7-8,10-11,13,15,18H,6,9,12,14H2,1-2H3,(H,24,27)/t18-/m1/s1. The summed E-state index contributed by atoms with van der Waals surface area (Å²) < 4.78 is 18.2. The van der Waals surface area contributed by atoms with E-state index in [2.05, 4.69) is 5.32 Å². The summed E-state index contributed by atoms with van der Waals surface area (Å²) in [5.74, 6) is 1.07. The maximum Gasteiger partial charge on any atom is 0.255 e. The molecule has 1 atom stereocenters. The number of para-hydroxylation sites is 1. The minimum Gasteiger partial charge on any atom is -0.497 e. The van der Waals surface area contributed by atoms with Gasteiger partial charge in [-0.1, -0.05) is 18.2 Å². The Labute approximate surface area is 175 Å². The third-order valence-corrected chi connectivity index (χ3v) is 5.16. The number of benzene rings is 2. The second-order valence-corrected chi connectivity index (χ2v) is 7.08. The molecular formula is C23H25N3O4. The van der Waals surface area contributed by atoms with Crippen LogP contribution in [0.25, 0.3) is 16.9 Å². The number of ether oxygens (including phenoxy) is 3. The van der Waals surface area contributed by atoms with E-state index in [4.69, 9.17) is 19.3 Å². The van der Waals surface area contributed by atoms with Crippen molar-refractivity contribution in [3.8, 4) is 28.4 Å². The fraction of sp³-hybridized carbons (Fsp3) is 0.304. The molecule has 0 radical (unpaired) electrons. The molecule has 4 rings (SSSR count). The minimum absolute atomic E-state index is 0.0629. The van der Waals surface area contributed by atoms with Crippen molar-refractivity contribution in [1.82, 2.24) is 15.1 Å². The number of nitrogens with zero attached hydrogens (tertiary/aromatic N) is 2. The number of methoxy groups -OCH3 is 2. The Bertz CT molecular complexity index is 1010. The third kappa shape index (κ3) is 4.16. The lowest BCUT2D eigenvalue weighted by Crippen LogP contribution is -2.31. The van der Waals surface area contributed by atoms with E-state index in [9.17, 15) is 4.79 Å². The molecule has 2 aromatic carbocycles. The minimum atomic E-state index is -0.201. The average molecular weight is 407 g/mol. The number of carbonyl (C=O) groups is 1. The molecular weight excluding hydrogens is 382 g/mol. The molecule has 2 heterocycles. The van der Waals surface area contributed by atoms with Crippen molar-refractivity contribution in [1.29, 1.82) is 0 Å². The zero-order valence-electron chi connectivity index (χ0n) is 17.1.